The van der Waals surface area contributed by atoms with Gasteiger partial charge in [0.2, 0.25) is 11.2 Å². The quantitative estimate of drug-likeness (QED) is 0.695. The second kappa shape index (κ2) is 5.83. The van der Waals surface area contributed by atoms with Crippen LogP contribution in [0.15, 0.2) is 35.1 Å². The number of hydrogen-bond acceptors (Lipinski definition) is 4. The van der Waals surface area contributed by atoms with Gasteiger partial charge in [0.05, 0.1) is 37.2 Å². The summed E-state index contributed by atoms with van der Waals surface area (Å²) < 4.78 is 18.6. The average Bonchev–Trinajstić information content (AvgIpc) is 2.59. The number of nitrogens with zero attached hydrogens (tertiary/aromatic N) is 1. The van der Waals surface area contributed by atoms with Gasteiger partial charge in [-0.05, 0) is 19.1 Å². The predicted molar refractivity (Wildman–Crippen MR) is 91.0 cm³/mol. The summed E-state index contributed by atoms with van der Waals surface area (Å²) >= 11 is 0. The van der Waals surface area contributed by atoms with Gasteiger partial charge in [-0.1, -0.05) is 12.1 Å². The lowest BCUT2D eigenvalue weighted by Gasteiger charge is -2.18. The van der Waals surface area contributed by atoms with Crippen LogP contribution in [0.3, 0.4) is 0 Å². The molecule has 0 aliphatic carbocycles. The van der Waals surface area contributed by atoms with E-state index in [1.54, 1.807) is 7.11 Å². The number of rotatable bonds is 4. The van der Waals surface area contributed by atoms with Gasteiger partial charge < -0.3 is 18.8 Å². The van der Waals surface area contributed by atoms with Gasteiger partial charge in [0.1, 0.15) is 0 Å². The molecule has 3 aromatic rings. The first-order valence-electron chi connectivity index (χ1n) is 7.43. The van der Waals surface area contributed by atoms with E-state index in [2.05, 4.69) is 0 Å². The SMILES string of the molecule is CCOc1c(OC)c(OC)cc2c1c(=O)c1ccccc1n2C. The monoisotopic (exact) mass is 313 g/mol. The van der Waals surface area contributed by atoms with Gasteiger partial charge in [0, 0.05) is 18.5 Å². The number of hydrogen-bond donors (Lipinski definition) is 0. The molecule has 0 saturated heterocycles. The average molecular weight is 313 g/mol. The zero-order valence-electron chi connectivity index (χ0n) is 13.7. The molecular formula is C18H19NO4. The smallest absolute Gasteiger partial charge is 0.204 e. The second-order valence-electron chi connectivity index (χ2n) is 5.17. The fourth-order valence-corrected chi connectivity index (χ4v) is 2.94. The van der Waals surface area contributed by atoms with Crippen LogP contribution in [0.1, 0.15) is 6.92 Å². The van der Waals surface area contributed by atoms with E-state index in [4.69, 9.17) is 14.2 Å². The number of fused-ring (bicyclic) bond motifs is 2. The lowest BCUT2D eigenvalue weighted by molar-refractivity contribution is 0.300. The summed E-state index contributed by atoms with van der Waals surface area (Å²) in [6, 6.07) is 9.33. The Balaban J connectivity index is 2.60. The van der Waals surface area contributed by atoms with Gasteiger partial charge in [-0.25, -0.2) is 0 Å². The summed E-state index contributed by atoms with van der Waals surface area (Å²) in [7, 11) is 5.03. The molecule has 0 fully saturated rings. The second-order valence-corrected chi connectivity index (χ2v) is 5.17. The molecule has 0 radical (unpaired) electrons. The zero-order valence-corrected chi connectivity index (χ0v) is 13.7. The van der Waals surface area contributed by atoms with Gasteiger partial charge in [-0.15, -0.1) is 0 Å². The molecule has 0 saturated carbocycles. The van der Waals surface area contributed by atoms with Gasteiger partial charge in [0.25, 0.3) is 0 Å². The maximum atomic E-state index is 13.0. The van der Waals surface area contributed by atoms with E-state index >= 15 is 0 Å². The predicted octanol–water partition coefficient (Wildman–Crippen LogP) is 3.11. The molecule has 0 atom stereocenters. The number of methoxy groups -OCH3 is 2. The summed E-state index contributed by atoms with van der Waals surface area (Å²) in [5, 5.41) is 1.15. The third kappa shape index (κ3) is 2.20. The van der Waals surface area contributed by atoms with Crippen molar-refractivity contribution >= 4 is 21.8 Å². The van der Waals surface area contributed by atoms with Crippen molar-refractivity contribution in [2.75, 3.05) is 20.8 Å². The van der Waals surface area contributed by atoms with E-state index in [-0.39, 0.29) is 5.43 Å². The Labute approximate surface area is 134 Å². The fraction of sp³-hybridized carbons (Fsp3) is 0.278. The van der Waals surface area contributed by atoms with Crippen molar-refractivity contribution < 1.29 is 14.2 Å². The van der Waals surface area contributed by atoms with Crippen LogP contribution < -0.4 is 19.6 Å². The summed E-state index contributed by atoms with van der Waals surface area (Å²) in [6.07, 6.45) is 0. The van der Waals surface area contributed by atoms with Crippen molar-refractivity contribution in [3.8, 4) is 17.2 Å². The Morgan fingerprint density at radius 1 is 1.04 bits per heavy atom. The van der Waals surface area contributed by atoms with Crippen molar-refractivity contribution in [2.45, 2.75) is 6.92 Å². The number of para-hydroxylation sites is 1. The molecule has 0 spiro atoms. The van der Waals surface area contributed by atoms with Crippen molar-refractivity contribution in [3.63, 3.8) is 0 Å². The van der Waals surface area contributed by atoms with Gasteiger partial charge in [0.15, 0.2) is 11.5 Å². The molecule has 0 amide bonds. The lowest BCUT2D eigenvalue weighted by Crippen LogP contribution is -2.12. The molecule has 5 heteroatoms. The molecule has 1 heterocycles. The van der Waals surface area contributed by atoms with Crippen LogP contribution in [0.2, 0.25) is 0 Å². The Morgan fingerprint density at radius 2 is 1.78 bits per heavy atom. The van der Waals surface area contributed by atoms with E-state index in [1.165, 1.54) is 7.11 Å². The van der Waals surface area contributed by atoms with E-state index in [0.717, 1.165) is 11.0 Å². The molecule has 0 N–H and O–H groups in total. The van der Waals surface area contributed by atoms with Crippen LogP contribution in [0.5, 0.6) is 17.2 Å². The molecular weight excluding hydrogens is 294 g/mol. The van der Waals surface area contributed by atoms with Crippen LogP contribution in [0.4, 0.5) is 0 Å². The molecule has 0 aliphatic heterocycles. The van der Waals surface area contributed by atoms with E-state index in [9.17, 15) is 4.79 Å². The highest BCUT2D eigenvalue weighted by Gasteiger charge is 2.21. The fourth-order valence-electron chi connectivity index (χ4n) is 2.94. The van der Waals surface area contributed by atoms with Crippen molar-refractivity contribution in [1.82, 2.24) is 4.57 Å². The van der Waals surface area contributed by atoms with Crippen molar-refractivity contribution in [2.24, 2.45) is 7.05 Å². The molecule has 0 aliphatic rings. The number of ether oxygens (including phenoxy) is 3. The maximum absolute atomic E-state index is 13.0. The summed E-state index contributed by atoms with van der Waals surface area (Å²) in [6.45, 7) is 2.30. The molecule has 1 aromatic heterocycles. The standard InChI is InChI=1S/C18H19NO4/c1-5-23-18-15-13(10-14(21-3)17(18)22-4)19(2)12-9-7-6-8-11(12)16(15)20/h6-10H,5H2,1-4H3. The molecule has 5 nitrogen and oxygen atoms in total. The minimum Gasteiger partial charge on any atom is -0.493 e. The van der Waals surface area contributed by atoms with Crippen LogP contribution in [-0.4, -0.2) is 25.4 Å². The van der Waals surface area contributed by atoms with Gasteiger partial charge in [-0.2, -0.15) is 0 Å². The van der Waals surface area contributed by atoms with Crippen LogP contribution in [0, 0.1) is 0 Å². The normalized spacial score (nSPS) is 11.0. The molecule has 0 bridgehead atoms. The summed E-state index contributed by atoms with van der Waals surface area (Å²) in [5.41, 5.74) is 1.53. The molecule has 23 heavy (non-hydrogen) atoms. The minimum absolute atomic E-state index is 0.0712. The first kappa shape index (κ1) is 15.2. The maximum Gasteiger partial charge on any atom is 0.204 e. The Bertz CT molecular complexity index is 943. The Morgan fingerprint density at radius 3 is 2.43 bits per heavy atom. The van der Waals surface area contributed by atoms with E-state index in [0.29, 0.717) is 34.6 Å². The molecule has 3 rings (SSSR count). The third-order valence-corrected chi connectivity index (χ3v) is 3.99. The summed E-state index contributed by atoms with van der Waals surface area (Å²) in [5.74, 6) is 1.40. The zero-order chi connectivity index (χ0) is 16.6. The number of benzene rings is 2. The lowest BCUT2D eigenvalue weighted by atomic mass is 10.1. The van der Waals surface area contributed by atoms with Gasteiger partial charge >= 0.3 is 0 Å². The highest BCUT2D eigenvalue weighted by Crippen LogP contribution is 2.42. The van der Waals surface area contributed by atoms with Crippen LogP contribution in [-0.2, 0) is 7.05 Å². The number of aromatic nitrogens is 1. The minimum atomic E-state index is -0.0712. The van der Waals surface area contributed by atoms with Gasteiger partial charge in [-0.3, -0.25) is 4.79 Å². The topological polar surface area (TPSA) is 49.7 Å². The molecule has 120 valence electrons. The van der Waals surface area contributed by atoms with Crippen molar-refractivity contribution in [1.29, 1.82) is 0 Å². The van der Waals surface area contributed by atoms with E-state index < -0.39 is 0 Å². The first-order chi connectivity index (χ1) is 11.1. The highest BCUT2D eigenvalue weighted by molar-refractivity contribution is 5.99. The van der Waals surface area contributed by atoms with Crippen LogP contribution in [0.25, 0.3) is 21.8 Å². The largest absolute Gasteiger partial charge is 0.493 e. The first-order valence-corrected chi connectivity index (χ1v) is 7.43. The Hall–Kier alpha value is -2.69. The summed E-state index contributed by atoms with van der Waals surface area (Å²) in [4.78, 5) is 13.0. The van der Waals surface area contributed by atoms with Crippen LogP contribution >= 0.6 is 0 Å². The third-order valence-electron chi connectivity index (χ3n) is 3.99. The molecule has 2 aromatic carbocycles. The number of pyridine rings is 1. The van der Waals surface area contributed by atoms with Crippen molar-refractivity contribution in [3.05, 3.63) is 40.6 Å². The molecule has 0 unspecified atom stereocenters. The van der Waals surface area contributed by atoms with E-state index in [1.807, 2.05) is 48.9 Å². The number of aryl methyl sites for hydroxylation is 1. The Kier molecular flexibility index (Phi) is 3.86. The highest BCUT2D eigenvalue weighted by atomic mass is 16.5.